The summed E-state index contributed by atoms with van der Waals surface area (Å²) in [5.41, 5.74) is 0.0325. The van der Waals surface area contributed by atoms with E-state index in [0.717, 1.165) is 12.8 Å². The molecule has 0 spiro atoms. The third-order valence-electron chi connectivity index (χ3n) is 3.46. The first-order valence-electron chi connectivity index (χ1n) is 6.79. The predicted octanol–water partition coefficient (Wildman–Crippen LogP) is 2.71. The Balaban J connectivity index is 2.50. The number of nitrogens with zero attached hydrogens (tertiary/aromatic N) is 4. The van der Waals surface area contributed by atoms with Gasteiger partial charge in [-0.25, -0.2) is 4.39 Å². The summed E-state index contributed by atoms with van der Waals surface area (Å²) in [6.45, 7) is 2.61. The lowest BCUT2D eigenvalue weighted by Gasteiger charge is -2.10. The Hall–Kier alpha value is -1.89. The molecule has 1 aromatic carbocycles. The molecule has 0 aliphatic carbocycles. The molecule has 0 saturated heterocycles. The van der Waals surface area contributed by atoms with Crippen LogP contribution in [0.4, 0.5) is 4.39 Å². The van der Waals surface area contributed by atoms with Crippen LogP contribution in [0.5, 0.6) is 0 Å². The van der Waals surface area contributed by atoms with Crippen LogP contribution in [-0.2, 0) is 6.54 Å². The van der Waals surface area contributed by atoms with Gasteiger partial charge in [-0.15, -0.1) is 10.2 Å². The summed E-state index contributed by atoms with van der Waals surface area (Å²) in [7, 11) is 0. The smallest absolute Gasteiger partial charge is 0.262 e. The standard InChI is InChI=1S/C14H15FN4OS/c1-3-4-8-18-12(20)9-6-5-7-10(15)11(9)19-13(18)16-17-14(19)21-2/h5-7H,3-4,8H2,1-2H3. The van der Waals surface area contributed by atoms with Gasteiger partial charge in [0, 0.05) is 6.54 Å². The van der Waals surface area contributed by atoms with E-state index >= 15 is 0 Å². The van der Waals surface area contributed by atoms with E-state index in [1.807, 2.05) is 6.26 Å². The van der Waals surface area contributed by atoms with Gasteiger partial charge in [0.2, 0.25) is 5.78 Å². The lowest BCUT2D eigenvalue weighted by molar-refractivity contribution is 0.611. The van der Waals surface area contributed by atoms with Crippen molar-refractivity contribution in [2.75, 3.05) is 6.26 Å². The van der Waals surface area contributed by atoms with Crippen LogP contribution in [0.3, 0.4) is 0 Å². The number of aryl methyl sites for hydroxylation is 1. The zero-order valence-corrected chi connectivity index (χ0v) is 12.7. The summed E-state index contributed by atoms with van der Waals surface area (Å²) < 4.78 is 17.5. The highest BCUT2D eigenvalue weighted by atomic mass is 32.2. The number of unbranched alkanes of at least 4 members (excludes halogenated alkanes) is 1. The van der Waals surface area contributed by atoms with Gasteiger partial charge in [-0.1, -0.05) is 31.2 Å². The highest BCUT2D eigenvalue weighted by Crippen LogP contribution is 2.22. The van der Waals surface area contributed by atoms with Gasteiger partial charge in [-0.3, -0.25) is 13.8 Å². The number of hydrogen-bond donors (Lipinski definition) is 0. The molecule has 21 heavy (non-hydrogen) atoms. The first-order chi connectivity index (χ1) is 10.2. The van der Waals surface area contributed by atoms with Crippen molar-refractivity contribution in [3.63, 3.8) is 0 Å². The number of hydrogen-bond acceptors (Lipinski definition) is 4. The van der Waals surface area contributed by atoms with Crippen molar-refractivity contribution < 1.29 is 4.39 Å². The van der Waals surface area contributed by atoms with Crippen molar-refractivity contribution in [1.82, 2.24) is 19.2 Å². The summed E-state index contributed by atoms with van der Waals surface area (Å²) in [4.78, 5) is 12.6. The Labute approximate surface area is 124 Å². The molecule has 0 radical (unpaired) electrons. The Morgan fingerprint density at radius 1 is 1.33 bits per heavy atom. The molecule has 3 rings (SSSR count). The van der Waals surface area contributed by atoms with Gasteiger partial charge in [0.05, 0.1) is 10.9 Å². The van der Waals surface area contributed by atoms with Crippen LogP contribution in [0.25, 0.3) is 16.7 Å². The second-order valence-corrected chi connectivity index (χ2v) is 5.54. The van der Waals surface area contributed by atoms with Crippen molar-refractivity contribution in [3.8, 4) is 0 Å². The minimum Gasteiger partial charge on any atom is -0.276 e. The number of thioether (sulfide) groups is 1. The Morgan fingerprint density at radius 3 is 2.86 bits per heavy atom. The summed E-state index contributed by atoms with van der Waals surface area (Å²) in [6, 6.07) is 4.55. The summed E-state index contributed by atoms with van der Waals surface area (Å²) in [6.07, 6.45) is 3.67. The van der Waals surface area contributed by atoms with Crippen LogP contribution in [-0.4, -0.2) is 25.4 Å². The molecule has 0 N–H and O–H groups in total. The predicted molar refractivity (Wildman–Crippen MR) is 81.4 cm³/mol. The highest BCUT2D eigenvalue weighted by Gasteiger charge is 2.18. The minimum atomic E-state index is -0.438. The van der Waals surface area contributed by atoms with Crippen molar-refractivity contribution >= 4 is 28.4 Å². The van der Waals surface area contributed by atoms with E-state index in [-0.39, 0.29) is 11.1 Å². The lowest BCUT2D eigenvalue weighted by Crippen LogP contribution is -2.24. The second-order valence-electron chi connectivity index (χ2n) is 4.77. The molecule has 0 unspecified atom stereocenters. The number of fused-ring (bicyclic) bond motifs is 3. The van der Waals surface area contributed by atoms with Crippen molar-refractivity contribution in [2.45, 2.75) is 31.5 Å². The quantitative estimate of drug-likeness (QED) is 0.695. The van der Waals surface area contributed by atoms with Gasteiger partial charge in [0.25, 0.3) is 5.56 Å². The van der Waals surface area contributed by atoms with E-state index in [1.54, 1.807) is 21.1 Å². The largest absolute Gasteiger partial charge is 0.276 e. The maximum absolute atomic E-state index is 14.2. The van der Waals surface area contributed by atoms with E-state index < -0.39 is 5.82 Å². The molecule has 0 atom stereocenters. The molecule has 0 aliphatic heterocycles. The van der Waals surface area contributed by atoms with E-state index in [1.165, 1.54) is 17.8 Å². The molecule has 3 aromatic rings. The van der Waals surface area contributed by atoms with Gasteiger partial charge < -0.3 is 0 Å². The SMILES string of the molecule is CCCCn1c(=O)c2cccc(F)c2n2c(SC)nnc12. The molecule has 0 fully saturated rings. The number of halogens is 1. The Bertz CT molecular complexity index is 871. The number of aromatic nitrogens is 4. The summed E-state index contributed by atoms with van der Waals surface area (Å²) >= 11 is 1.37. The van der Waals surface area contributed by atoms with Crippen LogP contribution < -0.4 is 5.56 Å². The average molecular weight is 306 g/mol. The molecule has 0 aliphatic rings. The van der Waals surface area contributed by atoms with Crippen LogP contribution in [0.1, 0.15) is 19.8 Å². The van der Waals surface area contributed by atoms with Gasteiger partial charge in [0.1, 0.15) is 5.82 Å². The number of rotatable bonds is 4. The zero-order valence-electron chi connectivity index (χ0n) is 11.8. The third kappa shape index (κ3) is 2.12. The summed E-state index contributed by atoms with van der Waals surface area (Å²) in [5.74, 6) is -0.0391. The normalized spacial score (nSPS) is 11.6. The van der Waals surface area contributed by atoms with E-state index in [2.05, 4.69) is 17.1 Å². The fourth-order valence-corrected chi connectivity index (χ4v) is 2.91. The summed E-state index contributed by atoms with van der Waals surface area (Å²) in [5, 5.41) is 9.08. The topological polar surface area (TPSA) is 52.2 Å². The molecule has 7 heteroatoms. The van der Waals surface area contributed by atoms with Gasteiger partial charge >= 0.3 is 0 Å². The van der Waals surface area contributed by atoms with Crippen molar-refractivity contribution in [3.05, 3.63) is 34.4 Å². The maximum Gasteiger partial charge on any atom is 0.262 e. The molecule has 2 aromatic heterocycles. The number of para-hydroxylation sites is 1. The van der Waals surface area contributed by atoms with Crippen molar-refractivity contribution in [1.29, 1.82) is 0 Å². The van der Waals surface area contributed by atoms with E-state index in [9.17, 15) is 9.18 Å². The van der Waals surface area contributed by atoms with E-state index in [4.69, 9.17) is 0 Å². The molecule has 0 amide bonds. The van der Waals surface area contributed by atoms with Crippen LogP contribution in [0, 0.1) is 5.82 Å². The van der Waals surface area contributed by atoms with Gasteiger partial charge in [0.15, 0.2) is 5.16 Å². The second kappa shape index (κ2) is 5.48. The molecule has 110 valence electrons. The molecule has 0 bridgehead atoms. The van der Waals surface area contributed by atoms with E-state index in [0.29, 0.717) is 22.9 Å². The first-order valence-corrected chi connectivity index (χ1v) is 8.01. The Morgan fingerprint density at radius 2 is 2.14 bits per heavy atom. The fraction of sp³-hybridized carbons (Fsp3) is 0.357. The molecule has 5 nitrogen and oxygen atoms in total. The lowest BCUT2D eigenvalue weighted by atomic mass is 10.2. The Kier molecular flexibility index (Phi) is 3.67. The highest BCUT2D eigenvalue weighted by molar-refractivity contribution is 7.98. The fourth-order valence-electron chi connectivity index (χ4n) is 2.43. The monoisotopic (exact) mass is 306 g/mol. The van der Waals surface area contributed by atoms with Crippen LogP contribution in [0.2, 0.25) is 0 Å². The molecular weight excluding hydrogens is 291 g/mol. The average Bonchev–Trinajstić information content (AvgIpc) is 2.91. The van der Waals surface area contributed by atoms with Crippen LogP contribution in [0.15, 0.2) is 28.2 Å². The zero-order chi connectivity index (χ0) is 15.0. The van der Waals surface area contributed by atoms with Gasteiger partial charge in [-0.05, 0) is 24.8 Å². The third-order valence-corrected chi connectivity index (χ3v) is 4.09. The number of benzene rings is 1. The first kappa shape index (κ1) is 14.1. The maximum atomic E-state index is 14.2. The minimum absolute atomic E-state index is 0.217. The molecular formula is C14H15FN4OS. The van der Waals surface area contributed by atoms with Crippen molar-refractivity contribution in [2.24, 2.45) is 0 Å². The van der Waals surface area contributed by atoms with Crippen LogP contribution >= 0.6 is 11.8 Å². The van der Waals surface area contributed by atoms with Gasteiger partial charge in [-0.2, -0.15) is 0 Å². The molecule has 0 saturated carbocycles. The molecule has 2 heterocycles.